The van der Waals surface area contributed by atoms with Crippen molar-refractivity contribution in [3.63, 3.8) is 0 Å². The molecule has 5 rings (SSSR count). The van der Waals surface area contributed by atoms with Crippen LogP contribution >= 0.6 is 0 Å². The molecule has 3 N–H and O–H groups in total. The van der Waals surface area contributed by atoms with Crippen LogP contribution in [-0.2, 0) is 19.0 Å². The monoisotopic (exact) mass is 352 g/mol. The zero-order chi connectivity index (χ0) is 18.2. The zero-order valence-electron chi connectivity index (χ0n) is 14.6. The number of carbonyl (C=O) groups excluding carboxylic acids is 1. The third-order valence-corrected chi connectivity index (χ3v) is 7.62. The number of aliphatic hydroxyl groups excluding tert-OH is 1. The minimum Gasteiger partial charge on any atom is -0.459 e. The lowest BCUT2D eigenvalue weighted by Gasteiger charge is -2.57. The first-order valence-electron chi connectivity index (χ1n) is 8.86. The average Bonchev–Trinajstić information content (AvgIpc) is 3.12. The molecule has 0 aromatic heterocycles. The first-order valence-corrected chi connectivity index (χ1v) is 8.86. The second-order valence-electron chi connectivity index (χ2n) is 8.87. The van der Waals surface area contributed by atoms with Crippen LogP contribution in [0.15, 0.2) is 12.2 Å². The highest BCUT2D eigenvalue weighted by Crippen LogP contribution is 2.75. The Bertz CT molecular complexity index is 704. The Morgan fingerprint density at radius 3 is 2.48 bits per heavy atom. The quantitative estimate of drug-likeness (QED) is 0.343. The van der Waals surface area contributed by atoms with E-state index in [9.17, 15) is 20.1 Å². The van der Waals surface area contributed by atoms with Crippen LogP contribution in [0.1, 0.15) is 33.6 Å². The second-order valence-corrected chi connectivity index (χ2v) is 8.87. The van der Waals surface area contributed by atoms with Crippen LogP contribution in [0.2, 0.25) is 0 Å². The molecule has 5 aliphatic rings. The Morgan fingerprint density at radius 2 is 1.92 bits per heavy atom. The number of carbonyl (C=O) groups is 1. The van der Waals surface area contributed by atoms with Gasteiger partial charge in [-0.1, -0.05) is 19.1 Å². The number of esters is 1. The van der Waals surface area contributed by atoms with E-state index in [-0.39, 0.29) is 0 Å². The SMILES string of the molecule is C=C(C)[C@@H]1[C@H]2OC(=O)[C@@H]1[C@]1(O)[C@H]3O[C@H]3[C@]3(CC[C@@](C)(O)O3)[C@]1(C)[C@@H]2O. The Morgan fingerprint density at radius 1 is 1.24 bits per heavy atom. The summed E-state index contributed by atoms with van der Waals surface area (Å²) in [5, 5.41) is 33.5. The molecular weight excluding hydrogens is 328 g/mol. The van der Waals surface area contributed by atoms with Gasteiger partial charge in [-0.3, -0.25) is 4.79 Å². The Kier molecular flexibility index (Phi) is 2.67. The van der Waals surface area contributed by atoms with E-state index in [1.54, 1.807) is 20.8 Å². The van der Waals surface area contributed by atoms with Crippen LogP contribution in [0.5, 0.6) is 0 Å². The highest BCUT2D eigenvalue weighted by atomic mass is 16.7. The molecule has 0 amide bonds. The first kappa shape index (κ1) is 16.2. The molecule has 3 aliphatic heterocycles. The lowest BCUT2D eigenvalue weighted by Crippen LogP contribution is -2.73. The number of ether oxygens (including phenoxy) is 3. The summed E-state index contributed by atoms with van der Waals surface area (Å²) in [6.07, 6.45) is -2.20. The highest BCUT2D eigenvalue weighted by Gasteiger charge is 2.92. The van der Waals surface area contributed by atoms with Gasteiger partial charge in [-0.2, -0.15) is 0 Å². The fourth-order valence-corrected chi connectivity index (χ4v) is 6.42. The number of fused-ring (bicyclic) bond motifs is 8. The van der Waals surface area contributed by atoms with Crippen molar-refractivity contribution in [2.75, 3.05) is 0 Å². The van der Waals surface area contributed by atoms with Crippen molar-refractivity contribution in [3.8, 4) is 0 Å². The minimum atomic E-state index is -1.63. The van der Waals surface area contributed by atoms with Crippen LogP contribution in [0, 0.1) is 17.3 Å². The van der Waals surface area contributed by atoms with E-state index in [2.05, 4.69) is 6.58 Å². The number of hydrogen-bond donors (Lipinski definition) is 3. The van der Waals surface area contributed by atoms with E-state index in [0.717, 1.165) is 0 Å². The third-order valence-electron chi connectivity index (χ3n) is 7.62. The number of hydrogen-bond acceptors (Lipinski definition) is 7. The molecule has 2 aliphatic carbocycles. The van der Waals surface area contributed by atoms with E-state index in [1.165, 1.54) is 0 Å². The normalized spacial score (nSPS) is 64.2. The minimum absolute atomic E-state index is 0.367. The fourth-order valence-electron chi connectivity index (χ4n) is 6.42. The van der Waals surface area contributed by atoms with Gasteiger partial charge in [0.15, 0.2) is 5.79 Å². The molecule has 25 heavy (non-hydrogen) atoms. The van der Waals surface area contributed by atoms with Crippen molar-refractivity contribution in [1.82, 2.24) is 0 Å². The number of rotatable bonds is 1. The van der Waals surface area contributed by atoms with Crippen molar-refractivity contribution in [1.29, 1.82) is 0 Å². The maximum absolute atomic E-state index is 12.6. The molecule has 2 bridgehead atoms. The van der Waals surface area contributed by atoms with E-state index < -0.39 is 64.6 Å². The molecule has 3 heterocycles. The van der Waals surface area contributed by atoms with Crippen molar-refractivity contribution in [2.24, 2.45) is 17.3 Å². The summed E-state index contributed by atoms with van der Waals surface area (Å²) in [6.45, 7) is 9.03. The van der Waals surface area contributed by atoms with Gasteiger partial charge in [0.1, 0.15) is 35.6 Å². The van der Waals surface area contributed by atoms with Crippen LogP contribution in [0.25, 0.3) is 0 Å². The molecule has 7 heteroatoms. The third kappa shape index (κ3) is 1.44. The second kappa shape index (κ2) is 4.12. The molecule has 0 unspecified atom stereocenters. The van der Waals surface area contributed by atoms with Crippen LogP contribution in [0.4, 0.5) is 0 Å². The molecule has 0 aromatic rings. The Balaban J connectivity index is 1.72. The molecule has 138 valence electrons. The summed E-state index contributed by atoms with van der Waals surface area (Å²) < 4.78 is 17.3. The molecule has 10 atom stereocenters. The zero-order valence-corrected chi connectivity index (χ0v) is 14.6. The summed E-state index contributed by atoms with van der Waals surface area (Å²) >= 11 is 0. The summed E-state index contributed by atoms with van der Waals surface area (Å²) in [6, 6.07) is 0. The van der Waals surface area contributed by atoms with Gasteiger partial charge in [0.25, 0.3) is 0 Å². The standard InChI is InChI=1S/C18H24O7/c1-7(2)8-9-14(20)23-10(8)11(19)16(4)17(6-5-15(3,21)25-17)12-13(24-12)18(9,16)22/h8-13,19,21-22H,1,5-6H2,2-4H3/t8-,9+,10+,11+,12+,13-,15-,16-,17+,18-/m0/s1. The van der Waals surface area contributed by atoms with Gasteiger partial charge in [0, 0.05) is 12.3 Å². The summed E-state index contributed by atoms with van der Waals surface area (Å²) in [5.41, 5.74) is -3.19. The van der Waals surface area contributed by atoms with Gasteiger partial charge in [-0.15, -0.1) is 0 Å². The maximum atomic E-state index is 12.6. The smallest absolute Gasteiger partial charge is 0.313 e. The average molecular weight is 352 g/mol. The molecular formula is C18H24O7. The Hall–Kier alpha value is -0.990. The van der Waals surface area contributed by atoms with E-state index in [4.69, 9.17) is 14.2 Å². The first-order chi connectivity index (χ1) is 11.5. The van der Waals surface area contributed by atoms with Crippen LogP contribution < -0.4 is 0 Å². The molecule has 3 saturated heterocycles. The van der Waals surface area contributed by atoms with Crippen molar-refractivity contribution in [2.45, 2.75) is 75.0 Å². The molecule has 2 saturated carbocycles. The van der Waals surface area contributed by atoms with Gasteiger partial charge < -0.3 is 29.5 Å². The predicted molar refractivity (Wildman–Crippen MR) is 83.1 cm³/mol. The molecule has 7 nitrogen and oxygen atoms in total. The van der Waals surface area contributed by atoms with Gasteiger partial charge in [0.05, 0.1) is 11.3 Å². The lowest BCUT2D eigenvalue weighted by molar-refractivity contribution is -0.313. The van der Waals surface area contributed by atoms with Crippen LogP contribution in [-0.4, -0.2) is 62.7 Å². The van der Waals surface area contributed by atoms with Crippen LogP contribution in [0.3, 0.4) is 0 Å². The van der Waals surface area contributed by atoms with Gasteiger partial charge >= 0.3 is 5.97 Å². The lowest BCUT2D eigenvalue weighted by atomic mass is 9.51. The Labute approximate surface area is 145 Å². The predicted octanol–water partition coefficient (Wildman–Crippen LogP) is -0.129. The maximum Gasteiger partial charge on any atom is 0.313 e. The number of aliphatic hydroxyl groups is 3. The van der Waals surface area contributed by atoms with Gasteiger partial charge in [-0.25, -0.2) is 0 Å². The largest absolute Gasteiger partial charge is 0.459 e. The van der Waals surface area contributed by atoms with E-state index >= 15 is 0 Å². The van der Waals surface area contributed by atoms with Crippen molar-refractivity contribution >= 4 is 5.97 Å². The summed E-state index contributed by atoms with van der Waals surface area (Å²) in [7, 11) is 0. The molecule has 0 radical (unpaired) electrons. The summed E-state index contributed by atoms with van der Waals surface area (Å²) in [4.78, 5) is 12.6. The van der Waals surface area contributed by atoms with E-state index in [0.29, 0.717) is 18.4 Å². The van der Waals surface area contributed by atoms with Gasteiger partial charge in [-0.05, 0) is 20.3 Å². The highest BCUT2D eigenvalue weighted by molar-refractivity contribution is 5.80. The van der Waals surface area contributed by atoms with Gasteiger partial charge in [0.2, 0.25) is 0 Å². The van der Waals surface area contributed by atoms with Crippen molar-refractivity contribution < 1.29 is 34.3 Å². The van der Waals surface area contributed by atoms with E-state index in [1.807, 2.05) is 0 Å². The number of epoxide rings is 1. The molecule has 1 spiro atoms. The molecule has 5 fully saturated rings. The molecule has 0 aromatic carbocycles. The fraction of sp³-hybridized carbons (Fsp3) is 0.833. The topological polar surface area (TPSA) is 109 Å². The summed E-state index contributed by atoms with van der Waals surface area (Å²) in [5.74, 6) is -3.21. The van der Waals surface area contributed by atoms with Crippen molar-refractivity contribution in [3.05, 3.63) is 12.2 Å².